The Morgan fingerprint density at radius 2 is 1.73 bits per heavy atom. The minimum Gasteiger partial charge on any atom is -0.481 e. The Bertz CT molecular complexity index is 879. The van der Waals surface area contributed by atoms with Gasteiger partial charge >= 0.3 is 0 Å². The molecule has 0 aliphatic carbocycles. The largest absolute Gasteiger partial charge is 0.481 e. The lowest BCUT2D eigenvalue weighted by atomic mass is 10.2. The Morgan fingerprint density at radius 3 is 2.35 bits per heavy atom. The van der Waals surface area contributed by atoms with E-state index in [1.807, 2.05) is 0 Å². The molecule has 1 aromatic heterocycles. The third-order valence-electron chi connectivity index (χ3n) is 3.51. The van der Waals surface area contributed by atoms with Gasteiger partial charge in [-0.2, -0.15) is 4.98 Å². The van der Waals surface area contributed by atoms with E-state index < -0.39 is 17.8 Å². The first-order chi connectivity index (χ1) is 12.5. The van der Waals surface area contributed by atoms with Gasteiger partial charge in [0.1, 0.15) is 17.4 Å². The molecule has 0 aliphatic rings. The SMILES string of the molecule is CC[C@@H](Oc1ccc(F)cc1)C(=O)Nc1noc(-c2ccc(F)cc2)n1. The van der Waals surface area contributed by atoms with Crippen LogP contribution < -0.4 is 10.1 Å². The number of rotatable bonds is 6. The minimum absolute atomic E-state index is 0.0320. The van der Waals surface area contributed by atoms with Gasteiger partial charge in [0, 0.05) is 5.56 Å². The molecule has 2 aromatic carbocycles. The van der Waals surface area contributed by atoms with Gasteiger partial charge in [-0.05, 0) is 60.1 Å². The lowest BCUT2D eigenvalue weighted by Gasteiger charge is -2.15. The third-order valence-corrected chi connectivity index (χ3v) is 3.51. The van der Waals surface area contributed by atoms with Crippen molar-refractivity contribution in [1.29, 1.82) is 0 Å². The molecule has 3 aromatic rings. The van der Waals surface area contributed by atoms with Crippen molar-refractivity contribution in [3.63, 3.8) is 0 Å². The van der Waals surface area contributed by atoms with E-state index >= 15 is 0 Å². The van der Waals surface area contributed by atoms with Gasteiger partial charge in [-0.1, -0.05) is 6.92 Å². The number of amides is 1. The number of nitrogens with one attached hydrogen (secondary N) is 1. The molecular formula is C18H15F2N3O3. The fourth-order valence-corrected chi connectivity index (χ4v) is 2.17. The quantitative estimate of drug-likeness (QED) is 0.724. The molecule has 0 spiro atoms. The monoisotopic (exact) mass is 359 g/mol. The molecule has 0 fully saturated rings. The van der Waals surface area contributed by atoms with E-state index in [-0.39, 0.29) is 17.7 Å². The second-order valence-corrected chi connectivity index (χ2v) is 5.39. The van der Waals surface area contributed by atoms with Gasteiger partial charge in [0.25, 0.3) is 17.7 Å². The maximum atomic E-state index is 13.0. The van der Waals surface area contributed by atoms with Crippen molar-refractivity contribution in [2.45, 2.75) is 19.4 Å². The number of carbonyl (C=O) groups excluding carboxylic acids is 1. The zero-order valence-electron chi connectivity index (χ0n) is 13.8. The van der Waals surface area contributed by atoms with E-state index in [0.29, 0.717) is 17.7 Å². The van der Waals surface area contributed by atoms with E-state index in [2.05, 4.69) is 15.5 Å². The molecular weight excluding hydrogens is 344 g/mol. The molecule has 8 heteroatoms. The van der Waals surface area contributed by atoms with E-state index in [1.165, 1.54) is 48.5 Å². The molecule has 0 radical (unpaired) electrons. The summed E-state index contributed by atoms with van der Waals surface area (Å²) in [5.74, 6) is -0.763. The van der Waals surface area contributed by atoms with Crippen molar-refractivity contribution in [2.24, 2.45) is 0 Å². The highest BCUT2D eigenvalue weighted by Gasteiger charge is 2.21. The summed E-state index contributed by atoms with van der Waals surface area (Å²) >= 11 is 0. The average molecular weight is 359 g/mol. The van der Waals surface area contributed by atoms with E-state index in [4.69, 9.17) is 9.26 Å². The van der Waals surface area contributed by atoms with Crippen molar-refractivity contribution in [1.82, 2.24) is 10.1 Å². The van der Waals surface area contributed by atoms with Crippen LogP contribution in [0, 0.1) is 11.6 Å². The number of nitrogens with zero attached hydrogens (tertiary/aromatic N) is 2. The first-order valence-corrected chi connectivity index (χ1v) is 7.88. The van der Waals surface area contributed by atoms with Crippen LogP contribution in [0.4, 0.5) is 14.7 Å². The Kier molecular flexibility index (Phi) is 5.21. The highest BCUT2D eigenvalue weighted by molar-refractivity contribution is 5.92. The van der Waals surface area contributed by atoms with Crippen LogP contribution in [-0.4, -0.2) is 22.2 Å². The van der Waals surface area contributed by atoms with Crippen LogP contribution >= 0.6 is 0 Å². The molecule has 1 N–H and O–H groups in total. The zero-order valence-corrected chi connectivity index (χ0v) is 13.8. The molecule has 1 atom stereocenters. The maximum Gasteiger partial charge on any atom is 0.270 e. The number of benzene rings is 2. The smallest absolute Gasteiger partial charge is 0.270 e. The van der Waals surface area contributed by atoms with Crippen LogP contribution in [0.15, 0.2) is 53.1 Å². The number of halogens is 2. The Hall–Kier alpha value is -3.29. The van der Waals surface area contributed by atoms with E-state index in [9.17, 15) is 13.6 Å². The van der Waals surface area contributed by atoms with Gasteiger partial charge in [-0.15, -0.1) is 0 Å². The molecule has 6 nitrogen and oxygen atoms in total. The van der Waals surface area contributed by atoms with Gasteiger partial charge in [0.15, 0.2) is 6.10 Å². The first-order valence-electron chi connectivity index (χ1n) is 7.88. The summed E-state index contributed by atoms with van der Waals surface area (Å²) < 4.78 is 36.5. The topological polar surface area (TPSA) is 77.2 Å². The van der Waals surface area contributed by atoms with Crippen LogP contribution in [-0.2, 0) is 4.79 Å². The van der Waals surface area contributed by atoms with Crippen molar-refractivity contribution in [3.8, 4) is 17.2 Å². The number of ether oxygens (including phenoxy) is 1. The standard InChI is InChI=1S/C18H15F2N3O3/c1-2-15(25-14-9-7-13(20)8-10-14)16(24)21-18-22-17(26-23-18)11-3-5-12(19)6-4-11/h3-10,15H,2H2,1H3,(H,21,23,24)/t15-/m1/s1. The molecule has 134 valence electrons. The van der Waals surface area contributed by atoms with Crippen molar-refractivity contribution < 1.29 is 22.8 Å². The Morgan fingerprint density at radius 1 is 1.12 bits per heavy atom. The molecule has 0 unspecified atom stereocenters. The van der Waals surface area contributed by atoms with Crippen molar-refractivity contribution in [2.75, 3.05) is 5.32 Å². The molecule has 0 saturated carbocycles. The number of hydrogen-bond acceptors (Lipinski definition) is 5. The highest BCUT2D eigenvalue weighted by atomic mass is 19.1. The molecule has 0 bridgehead atoms. The van der Waals surface area contributed by atoms with Crippen LogP contribution in [0.1, 0.15) is 13.3 Å². The van der Waals surface area contributed by atoms with Crippen LogP contribution in [0.25, 0.3) is 11.5 Å². The fraction of sp³-hybridized carbons (Fsp3) is 0.167. The number of carbonyl (C=O) groups is 1. The fourth-order valence-electron chi connectivity index (χ4n) is 2.17. The lowest BCUT2D eigenvalue weighted by Crippen LogP contribution is -2.32. The van der Waals surface area contributed by atoms with Crippen molar-refractivity contribution >= 4 is 11.9 Å². The summed E-state index contributed by atoms with van der Waals surface area (Å²) in [7, 11) is 0. The van der Waals surface area contributed by atoms with Gasteiger partial charge in [-0.3, -0.25) is 10.1 Å². The number of hydrogen-bond donors (Lipinski definition) is 1. The van der Waals surface area contributed by atoms with Gasteiger partial charge < -0.3 is 9.26 Å². The molecule has 1 heterocycles. The Balaban J connectivity index is 1.66. The van der Waals surface area contributed by atoms with Gasteiger partial charge in [-0.25, -0.2) is 8.78 Å². The average Bonchev–Trinajstić information content (AvgIpc) is 3.10. The van der Waals surface area contributed by atoms with Gasteiger partial charge in [0.2, 0.25) is 0 Å². The normalized spacial score (nSPS) is 11.8. The first kappa shape index (κ1) is 17.5. The van der Waals surface area contributed by atoms with E-state index in [0.717, 1.165) is 0 Å². The van der Waals surface area contributed by atoms with Crippen LogP contribution in [0.2, 0.25) is 0 Å². The lowest BCUT2D eigenvalue weighted by molar-refractivity contribution is -0.122. The summed E-state index contributed by atoms with van der Waals surface area (Å²) in [6, 6.07) is 10.9. The summed E-state index contributed by atoms with van der Waals surface area (Å²) in [5, 5.41) is 6.17. The molecule has 0 aliphatic heterocycles. The Labute approximate surface area is 147 Å². The maximum absolute atomic E-state index is 13.0. The van der Waals surface area contributed by atoms with E-state index in [1.54, 1.807) is 6.92 Å². The van der Waals surface area contributed by atoms with Gasteiger partial charge in [0.05, 0.1) is 0 Å². The molecule has 1 amide bonds. The second-order valence-electron chi connectivity index (χ2n) is 5.39. The minimum atomic E-state index is -0.812. The third kappa shape index (κ3) is 4.21. The molecule has 26 heavy (non-hydrogen) atoms. The second kappa shape index (κ2) is 7.73. The highest BCUT2D eigenvalue weighted by Crippen LogP contribution is 2.19. The zero-order chi connectivity index (χ0) is 18.5. The predicted octanol–water partition coefficient (Wildman–Crippen LogP) is 3.81. The molecule has 3 rings (SSSR count). The summed E-state index contributed by atoms with van der Waals surface area (Å²) in [5.41, 5.74) is 0.522. The van der Waals surface area contributed by atoms with Crippen molar-refractivity contribution in [3.05, 3.63) is 60.2 Å². The van der Waals surface area contributed by atoms with Crippen LogP contribution in [0.5, 0.6) is 5.75 Å². The number of anilines is 1. The number of aromatic nitrogens is 2. The summed E-state index contributed by atoms with van der Waals surface area (Å²) in [4.78, 5) is 16.4. The summed E-state index contributed by atoms with van der Waals surface area (Å²) in [6.45, 7) is 1.77. The predicted molar refractivity (Wildman–Crippen MR) is 89.4 cm³/mol. The molecule has 0 saturated heterocycles. The summed E-state index contributed by atoms with van der Waals surface area (Å²) in [6.07, 6.45) is -0.431. The van der Waals surface area contributed by atoms with Crippen LogP contribution in [0.3, 0.4) is 0 Å².